The second-order valence-corrected chi connectivity index (χ2v) is 11.5. The number of allylic oxidation sites excluding steroid dienone is 2. The molecular weight excluding hydrogens is 512 g/mol. The second-order valence-electron chi connectivity index (χ2n) is 10.7. The molecule has 3 rings (SSSR count). The van der Waals surface area contributed by atoms with Crippen LogP contribution in [0.25, 0.3) is 0 Å². The number of ether oxygens (including phenoxy) is 1. The van der Waals surface area contributed by atoms with Crippen LogP contribution in [-0.4, -0.2) is 31.4 Å². The first-order chi connectivity index (χ1) is 18.3. The molecule has 0 saturated carbocycles. The van der Waals surface area contributed by atoms with Crippen molar-refractivity contribution in [3.05, 3.63) is 70.3 Å². The molecule has 6 heteroatoms. The summed E-state index contributed by atoms with van der Waals surface area (Å²) in [5, 5.41) is 0.777. The highest BCUT2D eigenvalue weighted by Crippen LogP contribution is 2.47. The third-order valence-electron chi connectivity index (χ3n) is 7.97. The number of aryl methyl sites for hydroxylation is 1. The number of hydrogen-bond donors (Lipinski definition) is 2. The van der Waals surface area contributed by atoms with Crippen LogP contribution < -0.4 is 15.4 Å². The summed E-state index contributed by atoms with van der Waals surface area (Å²) in [5.74, 6) is 2.77. The molecular formula is C32H45ClN2O2S. The molecule has 2 N–H and O–H groups in total. The van der Waals surface area contributed by atoms with Crippen LogP contribution in [0.5, 0.6) is 5.75 Å². The lowest BCUT2D eigenvalue weighted by Gasteiger charge is -2.29. The standard InChI is InChI=1S/C32H45ClN2O2S/c1-5-25-20-35(6-2)31-29(37-18-8-7-12-24-13-10-14-26(33)19-24)17-16-28(32(34)36)30(31)27(23(25)4)15-9-11-22(3)21-38/h9-10,13-17,19,22-23,25,27,38H,5-8,11-12,18,20-21H2,1-4H3,(H2,34,36)/b15-9+/t22-,23+,25-,27-/m0/s1. The number of hydrogen-bond acceptors (Lipinski definition) is 4. The van der Waals surface area contributed by atoms with Crippen molar-refractivity contribution in [3.63, 3.8) is 0 Å². The van der Waals surface area contributed by atoms with E-state index in [4.69, 9.17) is 22.1 Å². The molecule has 1 aliphatic heterocycles. The van der Waals surface area contributed by atoms with Gasteiger partial charge in [-0.1, -0.05) is 63.1 Å². The van der Waals surface area contributed by atoms with E-state index in [9.17, 15) is 4.79 Å². The highest BCUT2D eigenvalue weighted by molar-refractivity contribution is 7.80. The Kier molecular flexibility index (Phi) is 11.9. The van der Waals surface area contributed by atoms with Gasteiger partial charge in [0.05, 0.1) is 12.3 Å². The lowest BCUT2D eigenvalue weighted by Crippen LogP contribution is -2.30. The first kappa shape index (κ1) is 30.4. The fourth-order valence-corrected chi connectivity index (χ4v) is 5.94. The minimum Gasteiger partial charge on any atom is -0.491 e. The van der Waals surface area contributed by atoms with E-state index in [0.29, 0.717) is 29.9 Å². The van der Waals surface area contributed by atoms with Gasteiger partial charge in [0.2, 0.25) is 5.91 Å². The third kappa shape index (κ3) is 7.72. The van der Waals surface area contributed by atoms with Gasteiger partial charge in [-0.15, -0.1) is 0 Å². The Bertz CT molecular complexity index is 1090. The number of rotatable bonds is 13. The van der Waals surface area contributed by atoms with E-state index in [2.05, 4.69) is 63.4 Å². The summed E-state index contributed by atoms with van der Waals surface area (Å²) in [6.07, 6.45) is 9.55. The molecule has 2 aromatic rings. The van der Waals surface area contributed by atoms with Crippen LogP contribution in [0.15, 0.2) is 48.6 Å². The van der Waals surface area contributed by atoms with Gasteiger partial charge < -0.3 is 15.4 Å². The molecule has 4 nitrogen and oxygen atoms in total. The number of amides is 1. The first-order valence-electron chi connectivity index (χ1n) is 14.2. The minimum absolute atomic E-state index is 0.0903. The number of benzene rings is 2. The number of halogens is 1. The zero-order valence-electron chi connectivity index (χ0n) is 23.5. The number of thiol groups is 1. The number of unbranched alkanes of at least 4 members (excludes halogenated alkanes) is 1. The van der Waals surface area contributed by atoms with Crippen LogP contribution in [0.2, 0.25) is 5.02 Å². The Morgan fingerprint density at radius 1 is 1.26 bits per heavy atom. The first-order valence-corrected chi connectivity index (χ1v) is 15.2. The molecule has 2 aromatic carbocycles. The molecule has 1 amide bonds. The smallest absolute Gasteiger partial charge is 0.249 e. The van der Waals surface area contributed by atoms with E-state index in [1.807, 2.05) is 30.3 Å². The van der Waals surface area contributed by atoms with Crippen molar-refractivity contribution in [1.29, 1.82) is 0 Å². The summed E-state index contributed by atoms with van der Waals surface area (Å²) in [5.41, 5.74) is 9.88. The Morgan fingerprint density at radius 3 is 2.71 bits per heavy atom. The monoisotopic (exact) mass is 556 g/mol. The van der Waals surface area contributed by atoms with E-state index in [1.54, 1.807) is 0 Å². The minimum atomic E-state index is -0.380. The van der Waals surface area contributed by atoms with Crippen LogP contribution in [0.4, 0.5) is 5.69 Å². The van der Waals surface area contributed by atoms with E-state index in [0.717, 1.165) is 73.0 Å². The van der Waals surface area contributed by atoms with Gasteiger partial charge in [-0.3, -0.25) is 4.79 Å². The van der Waals surface area contributed by atoms with Crippen LogP contribution in [-0.2, 0) is 6.42 Å². The highest BCUT2D eigenvalue weighted by Gasteiger charge is 2.36. The van der Waals surface area contributed by atoms with Gasteiger partial charge in [-0.2, -0.15) is 12.6 Å². The quantitative estimate of drug-likeness (QED) is 0.149. The average Bonchev–Trinajstić information content (AvgIpc) is 3.02. The second kappa shape index (κ2) is 14.9. The molecule has 0 aromatic heterocycles. The van der Waals surface area contributed by atoms with Gasteiger partial charge in [0, 0.05) is 29.6 Å². The molecule has 208 valence electrons. The maximum absolute atomic E-state index is 12.7. The molecule has 0 bridgehead atoms. The lowest BCUT2D eigenvalue weighted by atomic mass is 9.77. The molecule has 0 spiro atoms. The van der Waals surface area contributed by atoms with Gasteiger partial charge in [-0.25, -0.2) is 0 Å². The van der Waals surface area contributed by atoms with Crippen LogP contribution in [0.1, 0.15) is 80.8 Å². The van der Waals surface area contributed by atoms with Crippen molar-refractivity contribution in [2.24, 2.45) is 23.5 Å². The van der Waals surface area contributed by atoms with Crippen molar-refractivity contribution in [2.45, 2.75) is 65.7 Å². The normalized spacial score (nSPS) is 20.3. The van der Waals surface area contributed by atoms with E-state index < -0.39 is 0 Å². The molecule has 1 aliphatic rings. The predicted molar refractivity (Wildman–Crippen MR) is 165 cm³/mol. The molecule has 1 heterocycles. The fourth-order valence-electron chi connectivity index (χ4n) is 5.58. The number of primary amides is 1. The van der Waals surface area contributed by atoms with E-state index in [-0.39, 0.29) is 11.8 Å². The zero-order valence-corrected chi connectivity index (χ0v) is 25.1. The third-order valence-corrected chi connectivity index (χ3v) is 8.82. The number of carbonyl (C=O) groups excluding carboxylic acids is 1. The van der Waals surface area contributed by atoms with Crippen molar-refractivity contribution in [3.8, 4) is 5.75 Å². The number of fused-ring (bicyclic) bond motifs is 1. The zero-order chi connectivity index (χ0) is 27.7. The number of nitrogens with zero attached hydrogens (tertiary/aromatic N) is 1. The van der Waals surface area contributed by atoms with Crippen LogP contribution in [0.3, 0.4) is 0 Å². The Hall–Kier alpha value is -2.11. The molecule has 0 saturated heterocycles. The maximum atomic E-state index is 12.7. The number of nitrogens with two attached hydrogens (primary N) is 1. The Balaban J connectivity index is 1.92. The van der Waals surface area contributed by atoms with Gasteiger partial charge in [0.15, 0.2) is 0 Å². The molecule has 0 aliphatic carbocycles. The summed E-state index contributed by atoms with van der Waals surface area (Å²) >= 11 is 10.6. The summed E-state index contributed by atoms with van der Waals surface area (Å²) in [7, 11) is 0. The molecule has 0 radical (unpaired) electrons. The van der Waals surface area contributed by atoms with Crippen molar-refractivity contribution < 1.29 is 9.53 Å². The summed E-state index contributed by atoms with van der Waals surface area (Å²) in [6.45, 7) is 11.4. The molecule has 38 heavy (non-hydrogen) atoms. The summed E-state index contributed by atoms with van der Waals surface area (Å²) in [6, 6.07) is 11.9. The summed E-state index contributed by atoms with van der Waals surface area (Å²) < 4.78 is 6.45. The Labute approximate surface area is 240 Å². The van der Waals surface area contributed by atoms with E-state index in [1.165, 1.54) is 5.56 Å². The average molecular weight is 557 g/mol. The van der Waals surface area contributed by atoms with Crippen LogP contribution in [0, 0.1) is 17.8 Å². The van der Waals surface area contributed by atoms with Gasteiger partial charge in [-0.05, 0) is 91.5 Å². The number of carbonyl (C=O) groups is 1. The summed E-state index contributed by atoms with van der Waals surface area (Å²) in [4.78, 5) is 15.1. The van der Waals surface area contributed by atoms with Crippen molar-refractivity contribution >= 4 is 35.8 Å². The Morgan fingerprint density at radius 2 is 2.05 bits per heavy atom. The van der Waals surface area contributed by atoms with Crippen LogP contribution >= 0.6 is 24.2 Å². The molecule has 0 fully saturated rings. The largest absolute Gasteiger partial charge is 0.491 e. The van der Waals surface area contributed by atoms with Crippen molar-refractivity contribution in [1.82, 2.24) is 0 Å². The number of anilines is 1. The molecule has 0 unspecified atom stereocenters. The lowest BCUT2D eigenvalue weighted by molar-refractivity contribution is 0.0998. The van der Waals surface area contributed by atoms with E-state index >= 15 is 0 Å². The van der Waals surface area contributed by atoms with Gasteiger partial charge in [0.25, 0.3) is 0 Å². The van der Waals surface area contributed by atoms with Gasteiger partial charge in [0.1, 0.15) is 5.75 Å². The van der Waals surface area contributed by atoms with Gasteiger partial charge >= 0.3 is 0 Å². The topological polar surface area (TPSA) is 55.6 Å². The predicted octanol–water partition coefficient (Wildman–Crippen LogP) is 7.94. The fraction of sp³-hybridized carbons (Fsp3) is 0.531. The SMILES string of the molecule is CC[C@H]1CN(CC)c2c(OCCCCc3cccc(Cl)c3)ccc(C(N)=O)c2[C@@H](/C=C/C[C@H](C)CS)[C@@H]1C. The highest BCUT2D eigenvalue weighted by atomic mass is 35.5. The maximum Gasteiger partial charge on any atom is 0.249 e. The molecule has 4 atom stereocenters. The van der Waals surface area contributed by atoms with Crippen molar-refractivity contribution in [2.75, 3.05) is 30.3 Å².